The average Bonchev–Trinajstić information content (AvgIpc) is 2.46. The van der Waals surface area contributed by atoms with Gasteiger partial charge >= 0.3 is 0 Å². The Morgan fingerprint density at radius 2 is 2.14 bits per heavy atom. The molecule has 0 saturated carbocycles. The van der Waals surface area contributed by atoms with Crippen LogP contribution in [0.5, 0.6) is 0 Å². The lowest BCUT2D eigenvalue weighted by Crippen LogP contribution is -2.04. The number of thioether (sulfide) groups is 1. The highest BCUT2D eigenvalue weighted by molar-refractivity contribution is 8.01. The van der Waals surface area contributed by atoms with Crippen LogP contribution in [0.15, 0.2) is 4.21 Å². The first-order valence-corrected chi connectivity index (χ1v) is 6.31. The third-order valence-corrected chi connectivity index (χ3v) is 4.83. The summed E-state index contributed by atoms with van der Waals surface area (Å²) < 4.78 is 4.89. The summed E-state index contributed by atoms with van der Waals surface area (Å²) in [7, 11) is 0. The number of nitrogens with zero attached hydrogens (tertiary/aromatic N) is 2. The molecule has 1 atom stereocenters. The summed E-state index contributed by atoms with van der Waals surface area (Å²) >= 11 is 8.75. The quantitative estimate of drug-likeness (QED) is 0.761. The SMILES string of the molecule is CC(C)C(C)Sc1snc(Cl)c1C#N. The zero-order valence-corrected chi connectivity index (χ0v) is 10.6. The van der Waals surface area contributed by atoms with Gasteiger partial charge in [0.2, 0.25) is 0 Å². The number of rotatable bonds is 3. The Hall–Kier alpha value is -0.240. The largest absolute Gasteiger partial charge is 0.192 e. The van der Waals surface area contributed by atoms with E-state index in [-0.39, 0.29) is 0 Å². The second kappa shape index (κ2) is 5.01. The zero-order chi connectivity index (χ0) is 10.7. The van der Waals surface area contributed by atoms with Gasteiger partial charge in [0.25, 0.3) is 0 Å². The highest BCUT2D eigenvalue weighted by Gasteiger charge is 2.16. The molecule has 0 aromatic carbocycles. The van der Waals surface area contributed by atoms with Crippen molar-refractivity contribution in [3.05, 3.63) is 10.7 Å². The van der Waals surface area contributed by atoms with Gasteiger partial charge in [-0.05, 0) is 17.5 Å². The molecule has 1 unspecified atom stereocenters. The normalized spacial score (nSPS) is 12.9. The third kappa shape index (κ3) is 2.63. The van der Waals surface area contributed by atoms with Crippen LogP contribution in [0.1, 0.15) is 26.3 Å². The van der Waals surface area contributed by atoms with Gasteiger partial charge in [0.05, 0.1) is 0 Å². The summed E-state index contributed by atoms with van der Waals surface area (Å²) in [6.07, 6.45) is 0. The van der Waals surface area contributed by atoms with Gasteiger partial charge < -0.3 is 0 Å². The fraction of sp³-hybridized carbons (Fsp3) is 0.556. The molecule has 1 aromatic heterocycles. The van der Waals surface area contributed by atoms with Gasteiger partial charge in [-0.1, -0.05) is 32.4 Å². The van der Waals surface area contributed by atoms with Crippen LogP contribution in [0.3, 0.4) is 0 Å². The molecule has 0 aliphatic carbocycles. The van der Waals surface area contributed by atoms with E-state index in [0.717, 1.165) is 4.21 Å². The fourth-order valence-corrected chi connectivity index (χ4v) is 3.18. The van der Waals surface area contributed by atoms with Crippen molar-refractivity contribution < 1.29 is 0 Å². The molecular formula is C9H11ClN2S2. The predicted octanol–water partition coefficient (Wildman–Crippen LogP) is 3.80. The molecule has 0 spiro atoms. The third-order valence-electron chi connectivity index (χ3n) is 1.96. The minimum absolute atomic E-state index is 0.330. The van der Waals surface area contributed by atoms with Crippen LogP contribution in [0.25, 0.3) is 0 Å². The summed E-state index contributed by atoms with van der Waals surface area (Å²) in [5.41, 5.74) is 0.522. The Kier molecular flexibility index (Phi) is 4.24. The van der Waals surface area contributed by atoms with E-state index in [4.69, 9.17) is 16.9 Å². The molecule has 0 radical (unpaired) electrons. The number of aromatic nitrogens is 1. The average molecular weight is 247 g/mol. The maximum atomic E-state index is 8.86. The molecule has 0 N–H and O–H groups in total. The summed E-state index contributed by atoms with van der Waals surface area (Å²) in [5, 5.41) is 9.66. The van der Waals surface area contributed by atoms with Crippen LogP contribution >= 0.6 is 34.9 Å². The summed E-state index contributed by atoms with van der Waals surface area (Å²) in [6.45, 7) is 6.46. The van der Waals surface area contributed by atoms with Crippen molar-refractivity contribution in [3.8, 4) is 6.07 Å². The van der Waals surface area contributed by atoms with Crippen LogP contribution in [-0.2, 0) is 0 Å². The smallest absolute Gasteiger partial charge is 0.161 e. The van der Waals surface area contributed by atoms with E-state index in [1.54, 1.807) is 11.8 Å². The van der Waals surface area contributed by atoms with Crippen molar-refractivity contribution in [1.29, 1.82) is 5.26 Å². The van der Waals surface area contributed by atoms with Crippen LogP contribution in [-0.4, -0.2) is 9.62 Å². The second-order valence-electron chi connectivity index (χ2n) is 3.31. The molecule has 0 bridgehead atoms. The molecule has 1 aromatic rings. The van der Waals surface area contributed by atoms with E-state index in [1.165, 1.54) is 11.5 Å². The maximum absolute atomic E-state index is 8.86. The van der Waals surface area contributed by atoms with Gasteiger partial charge in [0, 0.05) is 5.25 Å². The van der Waals surface area contributed by atoms with Crippen molar-refractivity contribution in [3.63, 3.8) is 0 Å². The molecule has 0 aliphatic heterocycles. The molecule has 5 heteroatoms. The van der Waals surface area contributed by atoms with Crippen LogP contribution in [0.2, 0.25) is 5.15 Å². The first-order valence-electron chi connectivity index (χ1n) is 4.28. The standard InChI is InChI=1S/C9H11ClN2S2/c1-5(2)6(3)13-9-7(4-11)8(10)12-14-9/h5-6H,1-3H3. The Morgan fingerprint density at radius 3 is 2.64 bits per heavy atom. The first kappa shape index (κ1) is 11.8. The van der Waals surface area contributed by atoms with Crippen molar-refractivity contribution >= 4 is 34.9 Å². The number of nitriles is 1. The van der Waals surface area contributed by atoms with E-state index in [2.05, 4.69) is 31.2 Å². The molecule has 1 heterocycles. The lowest BCUT2D eigenvalue weighted by molar-refractivity contribution is 0.642. The van der Waals surface area contributed by atoms with Crippen molar-refractivity contribution in [2.45, 2.75) is 30.2 Å². The highest BCUT2D eigenvalue weighted by Crippen LogP contribution is 2.36. The summed E-state index contributed by atoms with van der Waals surface area (Å²) in [6, 6.07) is 2.08. The van der Waals surface area contributed by atoms with Gasteiger partial charge in [-0.2, -0.15) is 9.64 Å². The molecular weight excluding hydrogens is 236 g/mol. The molecule has 0 fully saturated rings. The topological polar surface area (TPSA) is 36.7 Å². The van der Waals surface area contributed by atoms with Crippen LogP contribution in [0.4, 0.5) is 0 Å². The van der Waals surface area contributed by atoms with Gasteiger partial charge in [-0.25, -0.2) is 0 Å². The predicted molar refractivity (Wildman–Crippen MR) is 62.0 cm³/mol. The fourth-order valence-electron chi connectivity index (χ4n) is 0.734. The van der Waals surface area contributed by atoms with Gasteiger partial charge in [0.1, 0.15) is 15.8 Å². The molecule has 0 amide bonds. The summed E-state index contributed by atoms with van der Waals surface area (Å²) in [4.78, 5) is 0. The van der Waals surface area contributed by atoms with Crippen molar-refractivity contribution in [1.82, 2.24) is 4.37 Å². The lowest BCUT2D eigenvalue weighted by atomic mass is 10.2. The monoisotopic (exact) mass is 246 g/mol. The molecule has 2 nitrogen and oxygen atoms in total. The van der Waals surface area contributed by atoms with E-state index in [1.807, 2.05) is 0 Å². The molecule has 0 aliphatic rings. The number of hydrogen-bond donors (Lipinski definition) is 0. The minimum Gasteiger partial charge on any atom is -0.192 e. The van der Waals surface area contributed by atoms with Crippen molar-refractivity contribution in [2.75, 3.05) is 0 Å². The van der Waals surface area contributed by atoms with E-state index >= 15 is 0 Å². The Balaban J connectivity index is 2.83. The first-order chi connectivity index (χ1) is 6.56. The van der Waals surface area contributed by atoms with Crippen LogP contribution < -0.4 is 0 Å². The van der Waals surface area contributed by atoms with E-state index in [0.29, 0.717) is 21.9 Å². The Bertz CT molecular complexity index is 354. The second-order valence-corrected chi connectivity index (χ2v) is 6.09. The Labute approximate surface area is 97.4 Å². The molecule has 1 rings (SSSR count). The molecule has 14 heavy (non-hydrogen) atoms. The van der Waals surface area contributed by atoms with E-state index in [9.17, 15) is 0 Å². The van der Waals surface area contributed by atoms with Crippen molar-refractivity contribution in [2.24, 2.45) is 5.92 Å². The molecule has 0 saturated heterocycles. The van der Waals surface area contributed by atoms with Gasteiger partial charge in [0.15, 0.2) is 5.15 Å². The molecule has 76 valence electrons. The van der Waals surface area contributed by atoms with Gasteiger partial charge in [-0.3, -0.25) is 0 Å². The maximum Gasteiger partial charge on any atom is 0.161 e. The summed E-state index contributed by atoms with van der Waals surface area (Å²) in [5.74, 6) is 0.576. The minimum atomic E-state index is 0.330. The van der Waals surface area contributed by atoms with Crippen LogP contribution in [0, 0.1) is 17.2 Å². The van der Waals surface area contributed by atoms with E-state index < -0.39 is 0 Å². The zero-order valence-electron chi connectivity index (χ0n) is 8.24. The number of halogens is 1. The number of hydrogen-bond acceptors (Lipinski definition) is 4. The van der Waals surface area contributed by atoms with Gasteiger partial charge in [-0.15, -0.1) is 11.8 Å². The lowest BCUT2D eigenvalue weighted by Gasteiger charge is -2.12. The highest BCUT2D eigenvalue weighted by atomic mass is 35.5. The Morgan fingerprint density at radius 1 is 1.50 bits per heavy atom.